The van der Waals surface area contributed by atoms with Crippen molar-refractivity contribution in [1.29, 1.82) is 0 Å². The number of nitrogens with one attached hydrogen (secondary N) is 2. The van der Waals surface area contributed by atoms with Gasteiger partial charge >= 0.3 is 0 Å². The molecule has 0 atom stereocenters. The Morgan fingerprint density at radius 2 is 2.04 bits per heavy atom. The lowest BCUT2D eigenvalue weighted by molar-refractivity contribution is 0.101. The number of rotatable bonds is 3. The van der Waals surface area contributed by atoms with Crippen LogP contribution >= 0.6 is 0 Å². The van der Waals surface area contributed by atoms with E-state index in [4.69, 9.17) is 4.52 Å². The van der Waals surface area contributed by atoms with Crippen LogP contribution in [0.15, 0.2) is 46.0 Å². The number of benzene rings is 1. The first-order chi connectivity index (χ1) is 11.0. The zero-order valence-electron chi connectivity index (χ0n) is 12.0. The van der Waals surface area contributed by atoms with E-state index >= 15 is 0 Å². The van der Waals surface area contributed by atoms with E-state index in [1.165, 1.54) is 18.3 Å². The maximum Gasteiger partial charge on any atom is 0.278 e. The van der Waals surface area contributed by atoms with Gasteiger partial charge in [0, 0.05) is 6.20 Å². The minimum Gasteiger partial charge on any atom is -0.337 e. The van der Waals surface area contributed by atoms with Gasteiger partial charge in [0.2, 0.25) is 5.88 Å². The first-order valence-electron chi connectivity index (χ1n) is 6.63. The van der Waals surface area contributed by atoms with Gasteiger partial charge in [-0.15, -0.1) is 0 Å². The SMILES string of the molecule is Cc1noc(NC(=O)c2c[nH]c(=O)cn2)c1-c1ccc(F)cc1. The third-order valence-electron chi connectivity index (χ3n) is 3.13. The third-order valence-corrected chi connectivity index (χ3v) is 3.13. The highest BCUT2D eigenvalue weighted by molar-refractivity contribution is 6.03. The van der Waals surface area contributed by atoms with E-state index in [-0.39, 0.29) is 17.4 Å². The van der Waals surface area contributed by atoms with Gasteiger partial charge in [0.1, 0.15) is 11.5 Å². The normalized spacial score (nSPS) is 10.5. The third kappa shape index (κ3) is 3.00. The summed E-state index contributed by atoms with van der Waals surface area (Å²) in [5.41, 5.74) is 1.34. The van der Waals surface area contributed by atoms with Gasteiger partial charge in [-0.25, -0.2) is 9.37 Å². The van der Waals surface area contributed by atoms with Crippen LogP contribution in [0, 0.1) is 12.7 Å². The molecule has 8 heteroatoms. The summed E-state index contributed by atoms with van der Waals surface area (Å²) >= 11 is 0. The molecular weight excluding hydrogens is 303 g/mol. The molecule has 0 saturated carbocycles. The first kappa shape index (κ1) is 14.6. The standard InChI is InChI=1S/C15H11FN4O3/c1-8-13(9-2-4-10(16)5-3-9)15(23-20-8)19-14(22)11-6-18-12(21)7-17-11/h2-7H,1H3,(H,18,21)(H,19,22). The zero-order chi connectivity index (χ0) is 16.4. The first-order valence-corrected chi connectivity index (χ1v) is 6.63. The van der Waals surface area contributed by atoms with Gasteiger partial charge in [0.15, 0.2) is 0 Å². The van der Waals surface area contributed by atoms with E-state index in [0.717, 1.165) is 6.20 Å². The van der Waals surface area contributed by atoms with Crippen LogP contribution in [0.1, 0.15) is 16.2 Å². The molecule has 0 aliphatic rings. The Morgan fingerprint density at radius 1 is 1.30 bits per heavy atom. The number of halogens is 1. The molecule has 0 aliphatic carbocycles. The highest BCUT2D eigenvalue weighted by Gasteiger charge is 2.18. The summed E-state index contributed by atoms with van der Waals surface area (Å²) in [6.07, 6.45) is 2.19. The molecule has 0 spiro atoms. The number of carbonyl (C=O) groups excluding carboxylic acids is 1. The molecule has 0 radical (unpaired) electrons. The number of amides is 1. The molecule has 2 aromatic heterocycles. The van der Waals surface area contributed by atoms with Crippen molar-refractivity contribution in [1.82, 2.24) is 15.1 Å². The molecule has 2 heterocycles. The molecule has 3 rings (SSSR count). The summed E-state index contributed by atoms with van der Waals surface area (Å²) in [7, 11) is 0. The lowest BCUT2D eigenvalue weighted by Crippen LogP contribution is -2.17. The fourth-order valence-corrected chi connectivity index (χ4v) is 2.05. The summed E-state index contributed by atoms with van der Waals surface area (Å²) in [5, 5.41) is 6.35. The zero-order valence-corrected chi connectivity index (χ0v) is 12.0. The number of hydrogen-bond acceptors (Lipinski definition) is 5. The van der Waals surface area contributed by atoms with Crippen LogP contribution in [-0.4, -0.2) is 21.0 Å². The number of H-pyrrole nitrogens is 1. The van der Waals surface area contributed by atoms with Crippen LogP contribution in [0.5, 0.6) is 0 Å². The summed E-state index contributed by atoms with van der Waals surface area (Å²) in [4.78, 5) is 29.2. The minimum absolute atomic E-state index is 0.0173. The second-order valence-electron chi connectivity index (χ2n) is 4.73. The van der Waals surface area contributed by atoms with Gasteiger partial charge in [0.25, 0.3) is 11.5 Å². The van der Waals surface area contributed by atoms with Crippen LogP contribution in [0.2, 0.25) is 0 Å². The Bertz CT molecular complexity index is 895. The Balaban J connectivity index is 1.92. The molecule has 2 N–H and O–H groups in total. The summed E-state index contributed by atoms with van der Waals surface area (Å²) < 4.78 is 18.2. The maximum atomic E-state index is 13.0. The molecule has 0 fully saturated rings. The average molecular weight is 314 g/mol. The number of aryl methyl sites for hydroxylation is 1. The van der Waals surface area contributed by atoms with Crippen LogP contribution in [-0.2, 0) is 0 Å². The molecule has 23 heavy (non-hydrogen) atoms. The highest BCUT2D eigenvalue weighted by Crippen LogP contribution is 2.31. The van der Waals surface area contributed by atoms with E-state index in [0.29, 0.717) is 16.8 Å². The monoisotopic (exact) mass is 314 g/mol. The maximum absolute atomic E-state index is 13.0. The Kier molecular flexibility index (Phi) is 3.71. The Hall–Kier alpha value is -3.29. The Labute approximate surface area is 129 Å². The van der Waals surface area contributed by atoms with Gasteiger partial charge in [-0.1, -0.05) is 17.3 Å². The van der Waals surface area contributed by atoms with Crippen LogP contribution in [0.4, 0.5) is 10.3 Å². The van der Waals surface area contributed by atoms with Crippen LogP contribution in [0.3, 0.4) is 0 Å². The Morgan fingerprint density at radius 3 is 2.70 bits per heavy atom. The highest BCUT2D eigenvalue weighted by atomic mass is 19.1. The smallest absolute Gasteiger partial charge is 0.278 e. The molecule has 1 aromatic carbocycles. The van der Waals surface area contributed by atoms with Crippen molar-refractivity contribution in [3.05, 3.63) is 64.2 Å². The fourth-order valence-electron chi connectivity index (χ4n) is 2.05. The predicted octanol–water partition coefficient (Wildman–Crippen LogP) is 2.12. The molecule has 7 nitrogen and oxygen atoms in total. The van der Waals surface area contributed by atoms with Crippen molar-refractivity contribution >= 4 is 11.8 Å². The second-order valence-corrected chi connectivity index (χ2v) is 4.73. The topological polar surface area (TPSA) is 101 Å². The largest absolute Gasteiger partial charge is 0.337 e. The van der Waals surface area contributed by atoms with E-state index in [2.05, 4.69) is 20.4 Å². The second kappa shape index (κ2) is 5.84. The minimum atomic E-state index is -0.569. The van der Waals surface area contributed by atoms with E-state index in [1.807, 2.05) is 0 Å². The molecule has 1 amide bonds. The molecule has 0 saturated heterocycles. The molecule has 116 valence electrons. The van der Waals surface area contributed by atoms with Crippen LogP contribution < -0.4 is 10.9 Å². The van der Waals surface area contributed by atoms with E-state index in [1.54, 1.807) is 19.1 Å². The number of aromatic nitrogens is 3. The van der Waals surface area contributed by atoms with Gasteiger partial charge in [0.05, 0.1) is 17.5 Å². The molecule has 0 aliphatic heterocycles. The quantitative estimate of drug-likeness (QED) is 0.771. The van der Waals surface area contributed by atoms with E-state index < -0.39 is 11.5 Å². The molecule has 0 unspecified atom stereocenters. The van der Waals surface area contributed by atoms with Crippen molar-refractivity contribution in [2.75, 3.05) is 5.32 Å². The summed E-state index contributed by atoms with van der Waals surface area (Å²) in [5.74, 6) is -0.821. The van der Waals surface area contributed by atoms with Crippen molar-refractivity contribution in [2.45, 2.75) is 6.92 Å². The van der Waals surface area contributed by atoms with Crippen molar-refractivity contribution in [3.8, 4) is 11.1 Å². The van der Waals surface area contributed by atoms with Crippen molar-refractivity contribution in [3.63, 3.8) is 0 Å². The number of carbonyl (C=O) groups is 1. The van der Waals surface area contributed by atoms with E-state index in [9.17, 15) is 14.0 Å². The van der Waals surface area contributed by atoms with Gasteiger partial charge in [-0.05, 0) is 24.6 Å². The summed E-state index contributed by atoms with van der Waals surface area (Å²) in [6, 6.07) is 5.72. The predicted molar refractivity (Wildman–Crippen MR) is 79.4 cm³/mol. The summed E-state index contributed by atoms with van der Waals surface area (Å²) in [6.45, 7) is 1.70. The van der Waals surface area contributed by atoms with Gasteiger partial charge in [-0.2, -0.15) is 0 Å². The van der Waals surface area contributed by atoms with Crippen molar-refractivity contribution < 1.29 is 13.7 Å². The van der Waals surface area contributed by atoms with Crippen molar-refractivity contribution in [2.24, 2.45) is 0 Å². The molecular formula is C15H11FN4O3. The lowest BCUT2D eigenvalue weighted by Gasteiger charge is -2.04. The number of anilines is 1. The molecule has 3 aromatic rings. The lowest BCUT2D eigenvalue weighted by atomic mass is 10.1. The number of nitrogens with zero attached hydrogens (tertiary/aromatic N) is 2. The van der Waals surface area contributed by atoms with Gasteiger partial charge < -0.3 is 9.51 Å². The average Bonchev–Trinajstić information content (AvgIpc) is 2.89. The number of hydrogen-bond donors (Lipinski definition) is 2. The van der Waals surface area contributed by atoms with Gasteiger partial charge in [-0.3, -0.25) is 14.9 Å². The molecule has 0 bridgehead atoms. The number of aromatic amines is 1. The van der Waals surface area contributed by atoms with Crippen LogP contribution in [0.25, 0.3) is 11.1 Å². The fraction of sp³-hybridized carbons (Fsp3) is 0.0667.